The smallest absolute Gasteiger partial charge is 0.315 e. The molecule has 0 bridgehead atoms. The lowest BCUT2D eigenvalue weighted by Crippen LogP contribution is -2.40. The zero-order valence-electron chi connectivity index (χ0n) is 11.2. The van der Waals surface area contributed by atoms with Gasteiger partial charge in [0.1, 0.15) is 0 Å². The zero-order valence-corrected chi connectivity index (χ0v) is 12.0. The van der Waals surface area contributed by atoms with Crippen LogP contribution in [0.25, 0.3) is 0 Å². The second kappa shape index (κ2) is 7.78. The summed E-state index contributed by atoms with van der Waals surface area (Å²) < 4.78 is 0. The van der Waals surface area contributed by atoms with E-state index in [1.54, 1.807) is 11.3 Å². The number of carbonyl (C=O) groups is 2. The van der Waals surface area contributed by atoms with Crippen molar-refractivity contribution >= 4 is 23.3 Å². The fraction of sp³-hybridized carbons (Fsp3) is 0.538. The second-order valence-electron chi connectivity index (χ2n) is 4.42. The maximum absolute atomic E-state index is 11.7. The first-order chi connectivity index (χ1) is 9.04. The van der Waals surface area contributed by atoms with Gasteiger partial charge in [-0.05, 0) is 24.8 Å². The highest BCUT2D eigenvalue weighted by Crippen LogP contribution is 2.17. The van der Waals surface area contributed by atoms with Crippen LogP contribution in [0, 0.1) is 5.92 Å². The van der Waals surface area contributed by atoms with Gasteiger partial charge in [0.25, 0.3) is 0 Å². The summed E-state index contributed by atoms with van der Waals surface area (Å²) in [6, 6.07) is 3.47. The van der Waals surface area contributed by atoms with Crippen LogP contribution in [0.1, 0.15) is 37.6 Å². The Bertz CT molecular complexity index is 406. The first-order valence-electron chi connectivity index (χ1n) is 6.35. The van der Waals surface area contributed by atoms with Crippen molar-refractivity contribution in [3.63, 3.8) is 0 Å². The van der Waals surface area contributed by atoms with Gasteiger partial charge >= 0.3 is 12.0 Å². The highest BCUT2D eigenvalue weighted by molar-refractivity contribution is 7.10. The van der Waals surface area contributed by atoms with Gasteiger partial charge in [-0.3, -0.25) is 4.79 Å². The van der Waals surface area contributed by atoms with E-state index in [4.69, 9.17) is 5.11 Å². The number of aliphatic carboxylic acids is 1. The summed E-state index contributed by atoms with van der Waals surface area (Å²) in [6.45, 7) is 3.98. The van der Waals surface area contributed by atoms with Crippen LogP contribution in [0.5, 0.6) is 0 Å². The highest BCUT2D eigenvalue weighted by Gasteiger charge is 2.18. The number of hydrogen-bond acceptors (Lipinski definition) is 3. The molecule has 1 rings (SSSR count). The van der Waals surface area contributed by atoms with Gasteiger partial charge in [-0.2, -0.15) is 0 Å². The lowest BCUT2D eigenvalue weighted by Gasteiger charge is -2.16. The van der Waals surface area contributed by atoms with E-state index in [0.29, 0.717) is 6.42 Å². The Morgan fingerprint density at radius 3 is 2.74 bits per heavy atom. The topological polar surface area (TPSA) is 78.4 Å². The molecule has 3 N–H and O–H groups in total. The largest absolute Gasteiger partial charge is 0.481 e. The van der Waals surface area contributed by atoms with Gasteiger partial charge in [-0.15, -0.1) is 11.3 Å². The molecule has 0 saturated carbocycles. The predicted octanol–water partition coefficient (Wildman–Crippen LogP) is 2.61. The number of hydrogen-bond donors (Lipinski definition) is 3. The Morgan fingerprint density at radius 1 is 1.47 bits per heavy atom. The van der Waals surface area contributed by atoms with E-state index in [0.717, 1.165) is 11.3 Å². The number of urea groups is 1. The van der Waals surface area contributed by atoms with Crippen molar-refractivity contribution < 1.29 is 14.7 Å². The van der Waals surface area contributed by atoms with Crippen LogP contribution in [-0.2, 0) is 4.79 Å². The molecule has 0 aromatic carbocycles. The molecule has 0 aliphatic rings. The molecule has 1 aromatic rings. The minimum absolute atomic E-state index is 0.0746. The van der Waals surface area contributed by atoms with Crippen LogP contribution in [0.4, 0.5) is 4.79 Å². The van der Waals surface area contributed by atoms with Gasteiger partial charge in [0.05, 0.1) is 12.0 Å². The maximum Gasteiger partial charge on any atom is 0.315 e. The fourth-order valence-electron chi connectivity index (χ4n) is 1.73. The molecular formula is C13H20N2O3S. The molecule has 2 amide bonds. The van der Waals surface area contributed by atoms with E-state index in [1.165, 1.54) is 0 Å². The first-order valence-corrected chi connectivity index (χ1v) is 7.23. The van der Waals surface area contributed by atoms with Gasteiger partial charge < -0.3 is 15.7 Å². The van der Waals surface area contributed by atoms with E-state index in [-0.39, 0.29) is 18.6 Å². The molecule has 0 fully saturated rings. The van der Waals surface area contributed by atoms with Gasteiger partial charge in [0, 0.05) is 11.4 Å². The highest BCUT2D eigenvalue weighted by atomic mass is 32.1. The van der Waals surface area contributed by atoms with Crippen molar-refractivity contribution in [1.82, 2.24) is 10.6 Å². The van der Waals surface area contributed by atoms with Crippen molar-refractivity contribution in [3.8, 4) is 0 Å². The number of carboxylic acids is 1. The summed E-state index contributed by atoms with van der Waals surface area (Å²) in [7, 11) is 0. The molecule has 6 heteroatoms. The van der Waals surface area contributed by atoms with Crippen LogP contribution in [0.2, 0.25) is 0 Å². The van der Waals surface area contributed by atoms with Crippen LogP contribution >= 0.6 is 11.3 Å². The van der Waals surface area contributed by atoms with E-state index in [2.05, 4.69) is 10.6 Å². The molecule has 5 nitrogen and oxygen atoms in total. The van der Waals surface area contributed by atoms with Gasteiger partial charge in [-0.25, -0.2) is 4.79 Å². The molecule has 0 saturated heterocycles. The normalized spacial score (nSPS) is 13.6. The molecule has 1 aromatic heterocycles. The number of rotatable bonds is 7. The molecule has 0 aliphatic carbocycles. The van der Waals surface area contributed by atoms with Crippen molar-refractivity contribution in [2.45, 2.75) is 32.7 Å². The first kappa shape index (κ1) is 15.5. The molecule has 0 radical (unpaired) electrons. The second-order valence-corrected chi connectivity index (χ2v) is 5.39. The van der Waals surface area contributed by atoms with Crippen LogP contribution in [-0.4, -0.2) is 23.7 Å². The quantitative estimate of drug-likeness (QED) is 0.720. The van der Waals surface area contributed by atoms with Crippen LogP contribution in [0.15, 0.2) is 17.5 Å². The van der Waals surface area contributed by atoms with E-state index >= 15 is 0 Å². The lowest BCUT2D eigenvalue weighted by molar-refractivity contribution is -0.141. The van der Waals surface area contributed by atoms with Crippen LogP contribution < -0.4 is 10.6 Å². The third-order valence-electron chi connectivity index (χ3n) is 2.81. The van der Waals surface area contributed by atoms with Gasteiger partial charge in [0.15, 0.2) is 0 Å². The van der Waals surface area contributed by atoms with E-state index < -0.39 is 11.9 Å². The summed E-state index contributed by atoms with van der Waals surface area (Å²) in [6.07, 6.45) is 1.35. The molecule has 0 aliphatic heterocycles. The average molecular weight is 284 g/mol. The van der Waals surface area contributed by atoms with Crippen molar-refractivity contribution in [2.75, 3.05) is 6.54 Å². The minimum atomic E-state index is -0.867. The lowest BCUT2D eigenvalue weighted by atomic mass is 10.0. The molecular weight excluding hydrogens is 264 g/mol. The summed E-state index contributed by atoms with van der Waals surface area (Å²) in [5, 5.41) is 16.3. The molecule has 2 atom stereocenters. The maximum atomic E-state index is 11.7. The molecule has 1 heterocycles. The molecule has 2 unspecified atom stereocenters. The average Bonchev–Trinajstić information content (AvgIpc) is 2.87. The summed E-state index contributed by atoms with van der Waals surface area (Å²) in [5.74, 6) is -1.39. The summed E-state index contributed by atoms with van der Waals surface area (Å²) in [4.78, 5) is 23.7. The Hall–Kier alpha value is -1.56. The Balaban J connectivity index is 2.36. The van der Waals surface area contributed by atoms with E-state index in [9.17, 15) is 9.59 Å². The number of nitrogens with one attached hydrogen (secondary N) is 2. The zero-order chi connectivity index (χ0) is 14.3. The number of thiophene rings is 1. The van der Waals surface area contributed by atoms with Crippen molar-refractivity contribution in [2.24, 2.45) is 5.92 Å². The molecule has 19 heavy (non-hydrogen) atoms. The predicted molar refractivity (Wildman–Crippen MR) is 75.3 cm³/mol. The standard InChI is InChI=1S/C13H20N2O3S/c1-3-5-10(12(16)17)8-14-13(18)15-9(2)11-6-4-7-19-11/h4,6-7,9-10H,3,5,8H2,1-2H3,(H,16,17)(H2,14,15,18). The van der Waals surface area contributed by atoms with Gasteiger partial charge in [-0.1, -0.05) is 19.4 Å². The third-order valence-corrected chi connectivity index (χ3v) is 3.87. The van der Waals surface area contributed by atoms with E-state index in [1.807, 2.05) is 31.4 Å². The van der Waals surface area contributed by atoms with Crippen molar-refractivity contribution in [3.05, 3.63) is 22.4 Å². The number of carboxylic acid groups (broad SMARTS) is 1. The SMILES string of the molecule is CCCC(CNC(=O)NC(C)c1cccs1)C(=O)O. The number of carbonyl (C=O) groups excluding carboxylic acids is 1. The Kier molecular flexibility index (Phi) is 6.35. The number of amides is 2. The Labute approximate surface area is 117 Å². The summed E-state index contributed by atoms with van der Waals surface area (Å²) in [5.41, 5.74) is 0. The van der Waals surface area contributed by atoms with Crippen LogP contribution in [0.3, 0.4) is 0 Å². The van der Waals surface area contributed by atoms with Crippen molar-refractivity contribution in [1.29, 1.82) is 0 Å². The monoisotopic (exact) mass is 284 g/mol. The summed E-state index contributed by atoms with van der Waals surface area (Å²) >= 11 is 1.57. The Morgan fingerprint density at radius 2 is 2.21 bits per heavy atom. The van der Waals surface area contributed by atoms with Gasteiger partial charge in [0.2, 0.25) is 0 Å². The molecule has 106 valence electrons. The minimum Gasteiger partial charge on any atom is -0.481 e. The molecule has 0 spiro atoms. The fourth-order valence-corrected chi connectivity index (χ4v) is 2.47. The third kappa shape index (κ3) is 5.30.